The van der Waals surface area contributed by atoms with E-state index in [9.17, 15) is 23.1 Å². The van der Waals surface area contributed by atoms with Gasteiger partial charge < -0.3 is 23.9 Å². The maximum atomic E-state index is 13.9. The van der Waals surface area contributed by atoms with Crippen molar-refractivity contribution in [2.75, 3.05) is 24.7 Å². The third kappa shape index (κ3) is 4.39. The summed E-state index contributed by atoms with van der Waals surface area (Å²) >= 11 is 0. The van der Waals surface area contributed by atoms with Crippen molar-refractivity contribution in [3.8, 4) is 6.01 Å². The molecule has 218 valence electrons. The van der Waals surface area contributed by atoms with Crippen LogP contribution in [0.4, 0.5) is 19.0 Å². The summed E-state index contributed by atoms with van der Waals surface area (Å²) < 4.78 is 61.8. The molecule has 0 saturated carbocycles. The van der Waals surface area contributed by atoms with Gasteiger partial charge in [-0.25, -0.2) is 14.8 Å². The highest BCUT2D eigenvalue weighted by atomic mass is 19.4. The molecule has 3 aromatic heterocycles. The van der Waals surface area contributed by atoms with E-state index in [0.29, 0.717) is 30.2 Å². The lowest BCUT2D eigenvalue weighted by Gasteiger charge is -2.31. The molecule has 7 rings (SSSR count). The molecule has 2 aliphatic rings. The number of aliphatic carboxylic acids is 1. The largest absolute Gasteiger partial charge is 0.480 e. The van der Waals surface area contributed by atoms with Crippen molar-refractivity contribution in [3.63, 3.8) is 0 Å². The number of hydrogen-bond acceptors (Lipinski definition) is 8. The molecule has 2 saturated heterocycles. The van der Waals surface area contributed by atoms with Gasteiger partial charge in [0.05, 0.1) is 24.2 Å². The molecule has 5 heterocycles. The summed E-state index contributed by atoms with van der Waals surface area (Å²) in [6.07, 6.45) is -4.83. The molecule has 42 heavy (non-hydrogen) atoms. The van der Waals surface area contributed by atoms with E-state index < -0.39 is 30.1 Å². The van der Waals surface area contributed by atoms with Crippen LogP contribution in [0.1, 0.15) is 31.6 Å². The van der Waals surface area contributed by atoms with Gasteiger partial charge in [0.15, 0.2) is 11.4 Å². The van der Waals surface area contributed by atoms with E-state index in [-0.39, 0.29) is 41.8 Å². The number of halogens is 3. The summed E-state index contributed by atoms with van der Waals surface area (Å²) in [5.41, 5.74) is 1.88. The number of furan rings is 1. The first-order valence-corrected chi connectivity index (χ1v) is 13.7. The number of fused-ring (bicyclic) bond motifs is 4. The van der Waals surface area contributed by atoms with Crippen molar-refractivity contribution in [2.24, 2.45) is 5.92 Å². The highest BCUT2D eigenvalue weighted by Crippen LogP contribution is 2.40. The number of benzene rings is 2. The number of carboxylic acid groups (broad SMARTS) is 1. The Kier molecular flexibility index (Phi) is 6.22. The monoisotopic (exact) mass is 581 g/mol. The molecule has 5 aromatic rings. The van der Waals surface area contributed by atoms with E-state index in [1.807, 2.05) is 28.8 Å². The van der Waals surface area contributed by atoms with Gasteiger partial charge in [0.25, 0.3) is 6.01 Å². The van der Waals surface area contributed by atoms with Crippen LogP contribution in [-0.4, -0.2) is 62.5 Å². The van der Waals surface area contributed by atoms with Crippen LogP contribution in [0.2, 0.25) is 0 Å². The van der Waals surface area contributed by atoms with Crippen LogP contribution in [0.5, 0.6) is 6.01 Å². The van der Waals surface area contributed by atoms with Gasteiger partial charge in [0.2, 0.25) is 5.82 Å². The normalized spacial score (nSPS) is 23.3. The predicted molar refractivity (Wildman–Crippen MR) is 145 cm³/mol. The summed E-state index contributed by atoms with van der Waals surface area (Å²) in [6, 6.07) is 13.3. The van der Waals surface area contributed by atoms with Crippen molar-refractivity contribution in [3.05, 3.63) is 54.4 Å². The van der Waals surface area contributed by atoms with Gasteiger partial charge in [0.1, 0.15) is 23.2 Å². The zero-order valence-electron chi connectivity index (χ0n) is 22.4. The topological polar surface area (TPSA) is 116 Å². The van der Waals surface area contributed by atoms with Crippen LogP contribution in [0.25, 0.3) is 33.1 Å². The average molecular weight is 582 g/mol. The number of hydrogen-bond donors (Lipinski definition) is 1. The number of nitrogens with zero attached hydrogens (tertiary/aromatic N) is 5. The second-order valence-electron chi connectivity index (χ2n) is 10.8. The van der Waals surface area contributed by atoms with Crippen molar-refractivity contribution >= 4 is 44.9 Å². The van der Waals surface area contributed by atoms with Crippen LogP contribution in [0.3, 0.4) is 0 Å². The number of imidazole rings is 1. The minimum Gasteiger partial charge on any atom is -0.480 e. The second kappa shape index (κ2) is 9.86. The average Bonchev–Trinajstić information content (AvgIpc) is 3.66. The molecular formula is C29H26F3N5O5. The lowest BCUT2D eigenvalue weighted by molar-refractivity contribution is -0.144. The Morgan fingerprint density at radius 3 is 2.67 bits per heavy atom. The van der Waals surface area contributed by atoms with Crippen molar-refractivity contribution in [2.45, 2.75) is 44.1 Å². The standard InChI is InChI=1S/C29H26F3N5O5/c1-15-14-40-11-10-19(15)37-20-8-4-3-7-18(20)33-28(37)41-16-12-21(26(38)39)36(13-16)25-24-23(34-27(35-25)29(30,31)32)17-6-2-5-9-22(17)42-24/h2-9,15-16,19,21H,10-14H2,1H3,(H,38,39)/t15-,16+,19-,21+/m1/s1. The van der Waals surface area contributed by atoms with E-state index >= 15 is 0 Å². The molecule has 4 atom stereocenters. The van der Waals surface area contributed by atoms with Gasteiger partial charge in [-0.3, -0.25) is 4.57 Å². The van der Waals surface area contributed by atoms with Crippen molar-refractivity contribution in [1.82, 2.24) is 19.5 Å². The third-order valence-corrected chi connectivity index (χ3v) is 8.04. The number of carbonyl (C=O) groups is 1. The third-order valence-electron chi connectivity index (χ3n) is 8.04. The fourth-order valence-electron chi connectivity index (χ4n) is 6.08. The molecule has 2 fully saturated rings. The maximum Gasteiger partial charge on any atom is 0.451 e. The molecule has 2 aliphatic heterocycles. The quantitative estimate of drug-likeness (QED) is 0.289. The lowest BCUT2D eigenvalue weighted by Crippen LogP contribution is -2.37. The Balaban J connectivity index is 1.30. The highest BCUT2D eigenvalue weighted by molar-refractivity contribution is 6.06. The number of aromatic nitrogens is 4. The van der Waals surface area contributed by atoms with Gasteiger partial charge in [-0.2, -0.15) is 18.2 Å². The van der Waals surface area contributed by atoms with Crippen LogP contribution in [-0.2, 0) is 15.7 Å². The van der Waals surface area contributed by atoms with E-state index in [1.54, 1.807) is 24.3 Å². The fourth-order valence-corrected chi connectivity index (χ4v) is 6.08. The molecule has 0 radical (unpaired) electrons. The van der Waals surface area contributed by atoms with E-state index in [0.717, 1.165) is 17.5 Å². The summed E-state index contributed by atoms with van der Waals surface area (Å²) in [4.78, 5) is 26.0. The van der Waals surface area contributed by atoms with Crippen molar-refractivity contribution < 1.29 is 37.0 Å². The van der Waals surface area contributed by atoms with Gasteiger partial charge in [0, 0.05) is 30.4 Å². The Labute approximate surface area is 236 Å². The lowest BCUT2D eigenvalue weighted by atomic mass is 9.97. The van der Waals surface area contributed by atoms with E-state index in [2.05, 4.69) is 16.9 Å². The van der Waals surface area contributed by atoms with Crippen LogP contribution in [0, 0.1) is 5.92 Å². The first-order valence-electron chi connectivity index (χ1n) is 13.7. The van der Waals surface area contributed by atoms with Crippen LogP contribution in [0.15, 0.2) is 52.9 Å². The summed E-state index contributed by atoms with van der Waals surface area (Å²) in [5, 5.41) is 10.5. The molecular weight excluding hydrogens is 555 g/mol. The van der Waals surface area contributed by atoms with Gasteiger partial charge in [-0.05, 0) is 30.7 Å². The Morgan fingerprint density at radius 2 is 1.88 bits per heavy atom. The molecule has 0 aliphatic carbocycles. The molecule has 0 amide bonds. The highest BCUT2D eigenvalue weighted by Gasteiger charge is 2.44. The first-order chi connectivity index (χ1) is 20.2. The zero-order chi connectivity index (χ0) is 29.2. The number of alkyl halides is 3. The molecule has 1 N–H and O–H groups in total. The van der Waals surface area contributed by atoms with Gasteiger partial charge in [-0.15, -0.1) is 0 Å². The first kappa shape index (κ1) is 26.5. The van der Waals surface area contributed by atoms with Crippen LogP contribution >= 0.6 is 0 Å². The molecule has 13 heteroatoms. The van der Waals surface area contributed by atoms with E-state index in [4.69, 9.17) is 18.9 Å². The SMILES string of the molecule is C[C@@H]1COCC[C@H]1n1c(O[C@H]2C[C@@H](C(=O)O)N(c3nc(C(F)(F)F)nc4c3oc3ccccc34)C2)nc2ccccc21. The Morgan fingerprint density at radius 1 is 1.10 bits per heavy atom. The summed E-state index contributed by atoms with van der Waals surface area (Å²) in [7, 11) is 0. The number of ether oxygens (including phenoxy) is 2. The molecule has 10 nitrogen and oxygen atoms in total. The smallest absolute Gasteiger partial charge is 0.451 e. The zero-order valence-corrected chi connectivity index (χ0v) is 22.4. The maximum absolute atomic E-state index is 13.9. The van der Waals surface area contributed by atoms with Gasteiger partial charge in [-0.1, -0.05) is 31.2 Å². The van der Waals surface area contributed by atoms with Crippen molar-refractivity contribution in [1.29, 1.82) is 0 Å². The summed E-state index contributed by atoms with van der Waals surface area (Å²) in [5.74, 6) is -2.66. The number of anilines is 1. The van der Waals surface area contributed by atoms with E-state index in [1.165, 1.54) is 4.90 Å². The second-order valence-corrected chi connectivity index (χ2v) is 10.8. The number of carboxylic acids is 1. The predicted octanol–water partition coefficient (Wildman–Crippen LogP) is 5.45. The molecule has 2 aromatic carbocycles. The number of para-hydroxylation sites is 3. The number of rotatable bonds is 5. The fraction of sp³-hybridized carbons (Fsp3) is 0.379. The minimum absolute atomic E-state index is 0.00501. The summed E-state index contributed by atoms with van der Waals surface area (Å²) in [6.45, 7) is 3.20. The Bertz CT molecular complexity index is 1820. The Hall–Kier alpha value is -4.39. The molecule has 0 unspecified atom stereocenters. The van der Waals surface area contributed by atoms with Crippen LogP contribution < -0.4 is 9.64 Å². The van der Waals surface area contributed by atoms with Gasteiger partial charge >= 0.3 is 12.1 Å². The molecule has 0 spiro atoms. The molecule has 0 bridgehead atoms. The minimum atomic E-state index is -4.86.